The van der Waals surface area contributed by atoms with Crippen LogP contribution in [0.4, 0.5) is 11.4 Å². The highest BCUT2D eigenvalue weighted by molar-refractivity contribution is 7.84. The molecule has 2 aromatic rings. The molecule has 0 aliphatic carbocycles. The van der Waals surface area contributed by atoms with Crippen LogP contribution in [0.1, 0.15) is 5.56 Å². The van der Waals surface area contributed by atoms with Gasteiger partial charge in [0.2, 0.25) is 0 Å². The molecule has 110 valence electrons. The minimum atomic E-state index is -1.42. The van der Waals surface area contributed by atoms with Gasteiger partial charge in [-0.2, -0.15) is 0 Å². The van der Waals surface area contributed by atoms with Crippen molar-refractivity contribution in [1.82, 2.24) is 0 Å². The molecule has 0 radical (unpaired) electrons. The highest BCUT2D eigenvalue weighted by Crippen LogP contribution is 2.28. The van der Waals surface area contributed by atoms with Crippen molar-refractivity contribution in [3.05, 3.63) is 62.1 Å². The molecule has 21 heavy (non-hydrogen) atoms. The molecule has 0 aliphatic heterocycles. The Kier molecular flexibility index (Phi) is 4.82. The standard InChI is InChI=1S/C13H10Cl2N2O3S/c14-11-6-10(17(18)19)3-1-8(11)7-21(20)13-4-2-9(16)5-12(13)15/h1-6H,7,16H2. The highest BCUT2D eigenvalue weighted by atomic mass is 35.5. The molecule has 0 aliphatic rings. The second kappa shape index (κ2) is 6.43. The summed E-state index contributed by atoms with van der Waals surface area (Å²) in [6, 6.07) is 8.76. The zero-order valence-corrected chi connectivity index (χ0v) is 12.9. The van der Waals surface area contributed by atoms with Crippen LogP contribution in [0.2, 0.25) is 10.0 Å². The number of non-ortho nitro benzene ring substituents is 1. The summed E-state index contributed by atoms with van der Waals surface area (Å²) >= 11 is 12.0. The molecule has 8 heteroatoms. The molecular weight excluding hydrogens is 335 g/mol. The second-order valence-corrected chi connectivity index (χ2v) is 6.45. The fourth-order valence-corrected chi connectivity index (χ4v) is 3.64. The van der Waals surface area contributed by atoms with Crippen molar-refractivity contribution >= 4 is 45.4 Å². The van der Waals surface area contributed by atoms with Crippen molar-refractivity contribution in [2.45, 2.75) is 10.6 Å². The fraction of sp³-hybridized carbons (Fsp3) is 0.0769. The van der Waals surface area contributed by atoms with E-state index in [9.17, 15) is 14.3 Å². The van der Waals surface area contributed by atoms with Gasteiger partial charge in [0.15, 0.2) is 0 Å². The number of nitrogens with zero attached hydrogens (tertiary/aromatic N) is 1. The lowest BCUT2D eigenvalue weighted by molar-refractivity contribution is -0.384. The number of hydrogen-bond acceptors (Lipinski definition) is 4. The lowest BCUT2D eigenvalue weighted by atomic mass is 10.2. The highest BCUT2D eigenvalue weighted by Gasteiger charge is 2.14. The van der Waals surface area contributed by atoms with E-state index in [0.717, 1.165) is 0 Å². The van der Waals surface area contributed by atoms with E-state index in [2.05, 4.69) is 0 Å². The van der Waals surface area contributed by atoms with Crippen LogP contribution in [0.5, 0.6) is 0 Å². The summed E-state index contributed by atoms with van der Waals surface area (Å²) in [6.45, 7) is 0. The molecule has 0 fully saturated rings. The van der Waals surface area contributed by atoms with Gasteiger partial charge in [0.05, 0.1) is 36.4 Å². The second-order valence-electron chi connectivity index (χ2n) is 4.21. The van der Waals surface area contributed by atoms with E-state index in [1.54, 1.807) is 12.1 Å². The molecule has 5 nitrogen and oxygen atoms in total. The molecule has 2 aromatic carbocycles. The molecular formula is C13H10Cl2N2O3S. The molecule has 2 rings (SSSR count). The van der Waals surface area contributed by atoms with Gasteiger partial charge in [-0.05, 0) is 29.8 Å². The summed E-state index contributed by atoms with van der Waals surface area (Å²) in [5, 5.41) is 11.2. The van der Waals surface area contributed by atoms with E-state index in [1.165, 1.54) is 24.3 Å². The average molecular weight is 345 g/mol. The first-order valence-electron chi connectivity index (χ1n) is 5.74. The van der Waals surface area contributed by atoms with Crippen molar-refractivity contribution in [2.24, 2.45) is 0 Å². The van der Waals surface area contributed by atoms with Gasteiger partial charge in [-0.3, -0.25) is 14.3 Å². The number of anilines is 1. The van der Waals surface area contributed by atoms with E-state index in [0.29, 0.717) is 21.2 Å². The summed E-state index contributed by atoms with van der Waals surface area (Å²) in [4.78, 5) is 10.5. The number of halogens is 2. The largest absolute Gasteiger partial charge is 0.399 e. The number of nitro benzene ring substituents is 1. The topological polar surface area (TPSA) is 86.2 Å². The normalized spacial score (nSPS) is 12.1. The van der Waals surface area contributed by atoms with Gasteiger partial charge < -0.3 is 5.73 Å². The van der Waals surface area contributed by atoms with E-state index in [1.807, 2.05) is 0 Å². The van der Waals surface area contributed by atoms with Crippen LogP contribution in [-0.4, -0.2) is 9.13 Å². The first-order valence-corrected chi connectivity index (χ1v) is 7.82. The molecule has 0 saturated heterocycles. The van der Waals surface area contributed by atoms with Gasteiger partial charge in [0.25, 0.3) is 5.69 Å². The number of nitrogen functional groups attached to an aromatic ring is 1. The third-order valence-corrected chi connectivity index (χ3v) is 4.93. The molecule has 0 spiro atoms. The lowest BCUT2D eigenvalue weighted by Gasteiger charge is -2.07. The Morgan fingerprint density at radius 2 is 1.86 bits per heavy atom. The number of rotatable bonds is 4. The molecule has 1 unspecified atom stereocenters. The van der Waals surface area contributed by atoms with Crippen LogP contribution in [0.15, 0.2) is 41.3 Å². The quantitative estimate of drug-likeness (QED) is 0.519. The van der Waals surface area contributed by atoms with Crippen LogP contribution in [0.25, 0.3) is 0 Å². The van der Waals surface area contributed by atoms with Gasteiger partial charge >= 0.3 is 0 Å². The molecule has 0 bridgehead atoms. The first-order chi connectivity index (χ1) is 9.88. The van der Waals surface area contributed by atoms with Crippen molar-refractivity contribution in [2.75, 3.05) is 5.73 Å². The number of nitro groups is 1. The minimum Gasteiger partial charge on any atom is -0.399 e. The van der Waals surface area contributed by atoms with Crippen LogP contribution in [0, 0.1) is 10.1 Å². The molecule has 1 atom stereocenters. The summed E-state index contributed by atoms with van der Waals surface area (Å²) in [5.41, 5.74) is 6.50. The fourth-order valence-electron chi connectivity index (χ4n) is 1.69. The average Bonchev–Trinajstić information content (AvgIpc) is 2.40. The van der Waals surface area contributed by atoms with E-state index < -0.39 is 15.7 Å². The van der Waals surface area contributed by atoms with Crippen LogP contribution >= 0.6 is 23.2 Å². The third-order valence-electron chi connectivity index (χ3n) is 2.74. The maximum absolute atomic E-state index is 12.3. The zero-order chi connectivity index (χ0) is 15.6. The van der Waals surface area contributed by atoms with Gasteiger partial charge in [0, 0.05) is 17.8 Å². The SMILES string of the molecule is Nc1ccc(S(=O)Cc2ccc([N+](=O)[O-])cc2Cl)c(Cl)c1. The summed E-state index contributed by atoms with van der Waals surface area (Å²) in [6.07, 6.45) is 0. The Bertz CT molecular complexity index is 737. The summed E-state index contributed by atoms with van der Waals surface area (Å²) in [7, 11) is -1.42. The van der Waals surface area contributed by atoms with Gasteiger partial charge in [-0.15, -0.1) is 0 Å². The van der Waals surface area contributed by atoms with Crippen LogP contribution in [0.3, 0.4) is 0 Å². The van der Waals surface area contributed by atoms with E-state index in [4.69, 9.17) is 28.9 Å². The number of benzene rings is 2. The van der Waals surface area contributed by atoms with E-state index in [-0.39, 0.29) is 16.5 Å². The predicted molar refractivity (Wildman–Crippen MR) is 84.1 cm³/mol. The molecule has 0 heterocycles. The van der Waals surface area contributed by atoms with Crippen molar-refractivity contribution < 1.29 is 9.13 Å². The summed E-state index contributed by atoms with van der Waals surface area (Å²) in [5.74, 6) is 0.112. The Morgan fingerprint density at radius 3 is 2.43 bits per heavy atom. The van der Waals surface area contributed by atoms with Gasteiger partial charge in [-0.25, -0.2) is 0 Å². The number of nitrogens with two attached hydrogens (primary N) is 1. The molecule has 0 saturated carbocycles. The van der Waals surface area contributed by atoms with Crippen LogP contribution < -0.4 is 5.73 Å². The molecule has 0 amide bonds. The Labute approximate surface area is 133 Å². The molecule has 2 N–H and O–H groups in total. The van der Waals surface area contributed by atoms with Crippen LogP contribution in [-0.2, 0) is 16.6 Å². The monoisotopic (exact) mass is 344 g/mol. The van der Waals surface area contributed by atoms with Gasteiger partial charge in [0.1, 0.15) is 0 Å². The maximum Gasteiger partial charge on any atom is 0.270 e. The Hall–Kier alpha value is -1.63. The van der Waals surface area contributed by atoms with Crippen molar-refractivity contribution in [3.63, 3.8) is 0 Å². The molecule has 0 aromatic heterocycles. The van der Waals surface area contributed by atoms with Gasteiger partial charge in [-0.1, -0.05) is 23.2 Å². The third kappa shape index (κ3) is 3.72. The van der Waals surface area contributed by atoms with Crippen molar-refractivity contribution in [1.29, 1.82) is 0 Å². The smallest absolute Gasteiger partial charge is 0.270 e. The maximum atomic E-state index is 12.3. The first kappa shape index (κ1) is 15.8. The summed E-state index contributed by atoms with van der Waals surface area (Å²) < 4.78 is 12.3. The van der Waals surface area contributed by atoms with E-state index >= 15 is 0 Å². The minimum absolute atomic E-state index is 0.111. The van der Waals surface area contributed by atoms with Crippen molar-refractivity contribution in [3.8, 4) is 0 Å². The zero-order valence-electron chi connectivity index (χ0n) is 10.6. The Balaban J connectivity index is 2.25. The Morgan fingerprint density at radius 1 is 1.14 bits per heavy atom. The predicted octanol–water partition coefficient (Wildman–Crippen LogP) is 3.79. The lowest BCUT2D eigenvalue weighted by Crippen LogP contribution is -1.99. The number of hydrogen-bond donors (Lipinski definition) is 1.